The average molecular weight is 449 g/mol. The Hall–Kier alpha value is 0.293. The molecule has 3 heteroatoms. The molecular formula is C21H34Cl2Zr. The maximum atomic E-state index is 2.44. The average Bonchev–Trinajstić information content (AvgIpc) is 2.76. The Labute approximate surface area is 169 Å². The summed E-state index contributed by atoms with van der Waals surface area (Å²) in [4.78, 5) is 0. The van der Waals surface area contributed by atoms with E-state index < -0.39 is 21.3 Å². The quantitative estimate of drug-likeness (QED) is 0.420. The fraction of sp³-hybridized carbons (Fsp3) is 0.571. The van der Waals surface area contributed by atoms with Crippen LogP contribution in [0.2, 0.25) is 0 Å². The molecular weight excluding hydrogens is 414 g/mol. The van der Waals surface area contributed by atoms with E-state index in [0.717, 1.165) is 0 Å². The molecule has 0 N–H and O–H groups in total. The first-order chi connectivity index (χ1) is 10.1. The molecule has 24 heavy (non-hydrogen) atoms. The molecule has 0 spiro atoms. The number of rotatable bonds is 2. The Morgan fingerprint density at radius 2 is 0.917 bits per heavy atom. The summed E-state index contributed by atoms with van der Waals surface area (Å²) in [7, 11) is 0. The van der Waals surface area contributed by atoms with Crippen molar-refractivity contribution < 1.29 is 21.3 Å². The van der Waals surface area contributed by atoms with E-state index in [9.17, 15) is 0 Å². The molecule has 2 aliphatic rings. The van der Waals surface area contributed by atoms with Crippen molar-refractivity contribution in [3.8, 4) is 0 Å². The van der Waals surface area contributed by atoms with Crippen molar-refractivity contribution in [3.05, 3.63) is 40.0 Å². The fourth-order valence-electron chi connectivity index (χ4n) is 4.22. The van der Waals surface area contributed by atoms with Crippen molar-refractivity contribution in [2.45, 2.75) is 69.2 Å². The normalized spacial score (nSPS) is 23.8. The summed E-state index contributed by atoms with van der Waals surface area (Å²) in [6.07, 6.45) is 0. The van der Waals surface area contributed by atoms with Gasteiger partial charge in [0, 0.05) is 0 Å². The first kappa shape index (κ1) is 24.3. The van der Waals surface area contributed by atoms with Crippen LogP contribution in [0.4, 0.5) is 0 Å². The van der Waals surface area contributed by atoms with Crippen molar-refractivity contribution in [1.82, 2.24) is 0 Å². The molecule has 0 heterocycles. The van der Waals surface area contributed by atoms with Crippen LogP contribution in [-0.4, -0.2) is 3.21 Å². The molecule has 0 amide bonds. The SMILES string of the molecule is CC1=C(C)C(C)[C]([Zr]([C]2=C(C)C(C)=C(C)C2C)=[C](C)C)=C1C.Cl.Cl. The van der Waals surface area contributed by atoms with E-state index in [1.165, 1.54) is 0 Å². The molecule has 0 nitrogen and oxygen atoms in total. The number of hydrogen-bond donors (Lipinski definition) is 0. The summed E-state index contributed by atoms with van der Waals surface area (Å²) in [6, 6.07) is 0. The molecule has 0 aromatic heterocycles. The van der Waals surface area contributed by atoms with Crippen LogP contribution in [0.25, 0.3) is 0 Å². The summed E-state index contributed by atoms with van der Waals surface area (Å²) in [5.41, 5.74) is 9.58. The maximum Gasteiger partial charge on any atom is -0.147 e. The molecule has 2 aliphatic carbocycles. The van der Waals surface area contributed by atoms with E-state index in [0.29, 0.717) is 11.8 Å². The van der Waals surface area contributed by atoms with Gasteiger partial charge in [0.2, 0.25) is 0 Å². The van der Waals surface area contributed by atoms with Crippen LogP contribution in [0.15, 0.2) is 40.0 Å². The van der Waals surface area contributed by atoms with Gasteiger partial charge in [0.25, 0.3) is 0 Å². The van der Waals surface area contributed by atoms with E-state index in [-0.39, 0.29) is 24.8 Å². The van der Waals surface area contributed by atoms with Crippen LogP contribution in [0.5, 0.6) is 0 Å². The first-order valence-electron chi connectivity index (χ1n) is 8.56. The Morgan fingerprint density at radius 3 is 1.08 bits per heavy atom. The third-order valence-corrected chi connectivity index (χ3v) is 15.4. The Morgan fingerprint density at radius 1 is 0.625 bits per heavy atom. The molecule has 2 rings (SSSR count). The van der Waals surface area contributed by atoms with Crippen molar-refractivity contribution in [1.29, 1.82) is 0 Å². The molecule has 0 saturated heterocycles. The van der Waals surface area contributed by atoms with Crippen LogP contribution >= 0.6 is 24.8 Å². The second kappa shape index (κ2) is 8.79. The van der Waals surface area contributed by atoms with Gasteiger partial charge < -0.3 is 0 Å². The molecule has 0 aromatic rings. The largest absolute Gasteiger partial charge is 0.147 e. The van der Waals surface area contributed by atoms with E-state index in [2.05, 4.69) is 69.2 Å². The van der Waals surface area contributed by atoms with Gasteiger partial charge >= 0.3 is 146 Å². The van der Waals surface area contributed by atoms with Gasteiger partial charge in [-0.2, -0.15) is 0 Å². The summed E-state index contributed by atoms with van der Waals surface area (Å²) >= 11 is -1.92. The molecule has 0 fully saturated rings. The van der Waals surface area contributed by atoms with E-state index in [1.807, 2.05) is 6.56 Å². The summed E-state index contributed by atoms with van der Waals surface area (Å²) < 4.78 is 5.43. The molecule has 0 bridgehead atoms. The van der Waals surface area contributed by atoms with Gasteiger partial charge in [-0.15, -0.1) is 24.8 Å². The zero-order chi connectivity index (χ0) is 16.9. The number of allylic oxidation sites excluding steroid dienone is 8. The maximum absolute atomic E-state index is 2.44. The second-order valence-corrected chi connectivity index (χ2v) is 14.5. The van der Waals surface area contributed by atoms with Gasteiger partial charge in [0.15, 0.2) is 0 Å². The van der Waals surface area contributed by atoms with Gasteiger partial charge in [-0.05, 0) is 0 Å². The van der Waals surface area contributed by atoms with Gasteiger partial charge in [-0.3, -0.25) is 0 Å². The Balaban J connectivity index is 0.00000264. The summed E-state index contributed by atoms with van der Waals surface area (Å²) in [6.45, 7) is 23.8. The summed E-state index contributed by atoms with van der Waals surface area (Å²) in [5, 5.41) is 0. The van der Waals surface area contributed by atoms with Crippen LogP contribution < -0.4 is 0 Å². The zero-order valence-electron chi connectivity index (χ0n) is 17.0. The third-order valence-electron chi connectivity index (χ3n) is 6.32. The smallest absolute Gasteiger partial charge is 0.147 e. The topological polar surface area (TPSA) is 0 Å². The molecule has 2 unspecified atom stereocenters. The van der Waals surface area contributed by atoms with E-state index >= 15 is 0 Å². The van der Waals surface area contributed by atoms with Crippen molar-refractivity contribution in [2.75, 3.05) is 0 Å². The molecule has 136 valence electrons. The van der Waals surface area contributed by atoms with Gasteiger partial charge in [0.05, 0.1) is 0 Å². The van der Waals surface area contributed by atoms with Crippen LogP contribution in [-0.2, 0) is 21.3 Å². The van der Waals surface area contributed by atoms with E-state index in [4.69, 9.17) is 0 Å². The fourth-order valence-corrected chi connectivity index (χ4v) is 13.5. The molecule has 2 atom stereocenters. The van der Waals surface area contributed by atoms with Crippen molar-refractivity contribution >= 4 is 28.0 Å². The predicted octanol–water partition coefficient (Wildman–Crippen LogP) is 7.18. The van der Waals surface area contributed by atoms with Crippen molar-refractivity contribution in [2.24, 2.45) is 11.8 Å². The third kappa shape index (κ3) is 3.70. The Kier molecular flexibility index (Phi) is 8.90. The predicted molar refractivity (Wildman–Crippen MR) is 111 cm³/mol. The summed E-state index contributed by atoms with van der Waals surface area (Å²) in [5.74, 6) is 1.33. The number of hydrogen-bond acceptors (Lipinski definition) is 0. The number of halogens is 2. The minimum absolute atomic E-state index is 0. The molecule has 0 saturated carbocycles. The van der Waals surface area contributed by atoms with E-state index in [1.54, 1.807) is 36.6 Å². The standard InChI is InChI=1S/2C9H13.C3H6.2ClH.Zr/c2*1-6-5-7(2)9(4)8(6)3;1-3-2;;;/h2*6H,1-4H3;1-2H3;2*1H;. The monoisotopic (exact) mass is 446 g/mol. The van der Waals surface area contributed by atoms with Crippen LogP contribution in [0.3, 0.4) is 0 Å². The minimum atomic E-state index is -1.92. The van der Waals surface area contributed by atoms with Crippen molar-refractivity contribution in [3.63, 3.8) is 0 Å². The van der Waals surface area contributed by atoms with Gasteiger partial charge in [-0.1, -0.05) is 0 Å². The first-order valence-corrected chi connectivity index (χ1v) is 12.2. The molecule has 0 aromatic carbocycles. The van der Waals surface area contributed by atoms with Crippen LogP contribution in [0, 0.1) is 11.8 Å². The second-order valence-electron chi connectivity index (χ2n) is 7.51. The minimum Gasteiger partial charge on any atom is -0.147 e. The van der Waals surface area contributed by atoms with Gasteiger partial charge in [-0.25, -0.2) is 0 Å². The zero-order valence-corrected chi connectivity index (χ0v) is 21.1. The van der Waals surface area contributed by atoms with Gasteiger partial charge in [0.1, 0.15) is 0 Å². The molecule has 0 radical (unpaired) electrons. The Bertz CT molecular complexity index is 641. The van der Waals surface area contributed by atoms with Crippen LogP contribution in [0.1, 0.15) is 69.2 Å². The molecule has 0 aliphatic heterocycles.